The summed E-state index contributed by atoms with van der Waals surface area (Å²) in [5.41, 5.74) is 4.77. The van der Waals surface area contributed by atoms with Crippen molar-refractivity contribution in [2.75, 3.05) is 6.54 Å². The molecule has 1 N–H and O–H groups in total. The SMILES string of the molecule is Cc1cc2ccccc2n1CCCNC(=O)Cc1cn(C)c2ccccc12. The number of hydrogen-bond donors (Lipinski definition) is 1. The van der Waals surface area contributed by atoms with E-state index in [4.69, 9.17) is 0 Å². The Morgan fingerprint density at radius 1 is 1.04 bits per heavy atom. The van der Waals surface area contributed by atoms with Gasteiger partial charge in [0, 0.05) is 48.4 Å². The van der Waals surface area contributed by atoms with E-state index in [9.17, 15) is 4.79 Å². The predicted octanol–water partition coefficient (Wildman–Crippen LogP) is 4.19. The van der Waals surface area contributed by atoms with Crippen molar-refractivity contribution in [3.8, 4) is 0 Å². The minimum atomic E-state index is 0.0837. The molecule has 4 nitrogen and oxygen atoms in total. The zero-order valence-corrected chi connectivity index (χ0v) is 15.9. The highest BCUT2D eigenvalue weighted by Gasteiger charge is 2.10. The van der Waals surface area contributed by atoms with Gasteiger partial charge in [-0.05, 0) is 42.5 Å². The summed E-state index contributed by atoms with van der Waals surface area (Å²) in [7, 11) is 2.02. The Morgan fingerprint density at radius 3 is 2.63 bits per heavy atom. The Bertz CT molecular complexity index is 1100. The first-order valence-electron chi connectivity index (χ1n) is 9.48. The van der Waals surface area contributed by atoms with E-state index in [1.807, 2.05) is 19.2 Å². The monoisotopic (exact) mass is 359 g/mol. The molecule has 0 saturated carbocycles. The standard InChI is InChI=1S/C23H25N3O/c1-17-14-18-8-3-5-10-21(18)26(17)13-7-12-24-23(27)15-19-16-25(2)22-11-6-4-9-20(19)22/h3-6,8-11,14,16H,7,12-13,15H2,1-2H3,(H,24,27). The predicted molar refractivity (Wildman–Crippen MR) is 111 cm³/mol. The van der Waals surface area contributed by atoms with Crippen LogP contribution in [0.15, 0.2) is 60.8 Å². The number of carbonyl (C=O) groups is 1. The van der Waals surface area contributed by atoms with Gasteiger partial charge in [0.1, 0.15) is 0 Å². The Kier molecular flexibility index (Phi) is 4.71. The first-order chi connectivity index (χ1) is 13.1. The summed E-state index contributed by atoms with van der Waals surface area (Å²) < 4.78 is 4.41. The van der Waals surface area contributed by atoms with Gasteiger partial charge in [0.05, 0.1) is 6.42 Å². The third-order valence-electron chi connectivity index (χ3n) is 5.23. The number of aryl methyl sites for hydroxylation is 3. The Hall–Kier alpha value is -3.01. The Balaban J connectivity index is 1.34. The van der Waals surface area contributed by atoms with Gasteiger partial charge in [0.15, 0.2) is 0 Å². The van der Waals surface area contributed by atoms with E-state index in [0.717, 1.165) is 29.4 Å². The number of rotatable bonds is 6. The van der Waals surface area contributed by atoms with Crippen molar-refractivity contribution in [3.05, 3.63) is 72.1 Å². The maximum atomic E-state index is 12.4. The van der Waals surface area contributed by atoms with Crippen molar-refractivity contribution in [1.82, 2.24) is 14.5 Å². The fraction of sp³-hybridized carbons (Fsp3) is 0.261. The highest BCUT2D eigenvalue weighted by atomic mass is 16.1. The van der Waals surface area contributed by atoms with Crippen molar-refractivity contribution in [2.24, 2.45) is 7.05 Å². The van der Waals surface area contributed by atoms with Crippen LogP contribution in [-0.2, 0) is 24.8 Å². The molecule has 0 aliphatic rings. The molecule has 2 aromatic heterocycles. The molecule has 138 valence electrons. The summed E-state index contributed by atoms with van der Waals surface area (Å²) in [4.78, 5) is 12.4. The van der Waals surface area contributed by atoms with Crippen molar-refractivity contribution >= 4 is 27.7 Å². The molecule has 0 saturated heterocycles. The maximum absolute atomic E-state index is 12.4. The van der Waals surface area contributed by atoms with Gasteiger partial charge in [-0.3, -0.25) is 4.79 Å². The summed E-state index contributed by atoms with van der Waals surface area (Å²) in [5.74, 6) is 0.0837. The lowest BCUT2D eigenvalue weighted by molar-refractivity contribution is -0.120. The molecule has 2 heterocycles. The number of aromatic nitrogens is 2. The van der Waals surface area contributed by atoms with Crippen LogP contribution in [0.4, 0.5) is 0 Å². The molecule has 4 aromatic rings. The molecule has 2 aromatic carbocycles. The van der Waals surface area contributed by atoms with Gasteiger partial charge in [-0.15, -0.1) is 0 Å². The van der Waals surface area contributed by atoms with Gasteiger partial charge < -0.3 is 14.5 Å². The van der Waals surface area contributed by atoms with Crippen LogP contribution in [0.2, 0.25) is 0 Å². The van der Waals surface area contributed by atoms with Crippen molar-refractivity contribution in [2.45, 2.75) is 26.3 Å². The number of hydrogen-bond acceptors (Lipinski definition) is 1. The van der Waals surface area contributed by atoms with Crippen LogP contribution in [0.1, 0.15) is 17.7 Å². The van der Waals surface area contributed by atoms with Crippen LogP contribution in [0.3, 0.4) is 0 Å². The van der Waals surface area contributed by atoms with E-state index in [1.54, 1.807) is 0 Å². The van der Waals surface area contributed by atoms with Crippen LogP contribution in [0.25, 0.3) is 21.8 Å². The highest BCUT2D eigenvalue weighted by Crippen LogP contribution is 2.21. The van der Waals surface area contributed by atoms with Gasteiger partial charge in [-0.1, -0.05) is 36.4 Å². The summed E-state index contributed by atoms with van der Waals surface area (Å²) in [6, 6.07) is 18.9. The van der Waals surface area contributed by atoms with E-state index in [2.05, 4.69) is 70.0 Å². The third-order valence-corrected chi connectivity index (χ3v) is 5.23. The molecule has 0 unspecified atom stereocenters. The Morgan fingerprint density at radius 2 is 1.78 bits per heavy atom. The van der Waals surface area contributed by atoms with E-state index < -0.39 is 0 Å². The second-order valence-electron chi connectivity index (χ2n) is 7.16. The fourth-order valence-corrected chi connectivity index (χ4v) is 3.91. The minimum Gasteiger partial charge on any atom is -0.356 e. The van der Waals surface area contributed by atoms with E-state index in [0.29, 0.717) is 13.0 Å². The topological polar surface area (TPSA) is 39.0 Å². The van der Waals surface area contributed by atoms with Gasteiger partial charge in [0.25, 0.3) is 0 Å². The lowest BCUT2D eigenvalue weighted by Gasteiger charge is -2.09. The van der Waals surface area contributed by atoms with Gasteiger partial charge in [0.2, 0.25) is 5.91 Å². The van der Waals surface area contributed by atoms with Crippen LogP contribution in [0.5, 0.6) is 0 Å². The molecule has 27 heavy (non-hydrogen) atoms. The van der Waals surface area contributed by atoms with Crippen LogP contribution >= 0.6 is 0 Å². The molecule has 1 amide bonds. The van der Waals surface area contributed by atoms with Crippen molar-refractivity contribution < 1.29 is 4.79 Å². The summed E-state index contributed by atoms with van der Waals surface area (Å²) in [5, 5.41) is 5.50. The summed E-state index contributed by atoms with van der Waals surface area (Å²) in [6.45, 7) is 3.74. The number of nitrogens with zero attached hydrogens (tertiary/aromatic N) is 2. The van der Waals surface area contributed by atoms with Gasteiger partial charge in [-0.25, -0.2) is 0 Å². The molecule has 4 rings (SSSR count). The number of para-hydroxylation sites is 2. The second kappa shape index (κ2) is 7.31. The van der Waals surface area contributed by atoms with Crippen molar-refractivity contribution in [1.29, 1.82) is 0 Å². The molecule has 0 radical (unpaired) electrons. The second-order valence-corrected chi connectivity index (χ2v) is 7.16. The number of benzene rings is 2. The van der Waals surface area contributed by atoms with Crippen LogP contribution < -0.4 is 5.32 Å². The number of amides is 1. The van der Waals surface area contributed by atoms with Crippen LogP contribution in [0, 0.1) is 6.92 Å². The van der Waals surface area contributed by atoms with E-state index >= 15 is 0 Å². The molecule has 0 fully saturated rings. The first kappa shape index (κ1) is 17.4. The molecule has 0 aliphatic carbocycles. The maximum Gasteiger partial charge on any atom is 0.224 e. The Labute approximate surface area is 159 Å². The fourth-order valence-electron chi connectivity index (χ4n) is 3.91. The lowest BCUT2D eigenvalue weighted by atomic mass is 10.1. The molecular formula is C23H25N3O. The first-order valence-corrected chi connectivity index (χ1v) is 9.48. The van der Waals surface area contributed by atoms with E-state index in [-0.39, 0.29) is 5.91 Å². The normalized spacial score (nSPS) is 11.3. The third kappa shape index (κ3) is 3.47. The average Bonchev–Trinajstić information content (AvgIpc) is 3.16. The summed E-state index contributed by atoms with van der Waals surface area (Å²) in [6.07, 6.45) is 3.40. The number of fused-ring (bicyclic) bond motifs is 2. The minimum absolute atomic E-state index is 0.0837. The van der Waals surface area contributed by atoms with E-state index in [1.165, 1.54) is 16.6 Å². The van der Waals surface area contributed by atoms with Gasteiger partial charge >= 0.3 is 0 Å². The highest BCUT2D eigenvalue weighted by molar-refractivity contribution is 5.89. The smallest absolute Gasteiger partial charge is 0.224 e. The largest absolute Gasteiger partial charge is 0.356 e. The number of carbonyl (C=O) groups excluding carboxylic acids is 1. The lowest BCUT2D eigenvalue weighted by Crippen LogP contribution is -2.26. The van der Waals surface area contributed by atoms with Crippen molar-refractivity contribution in [3.63, 3.8) is 0 Å². The molecule has 4 heteroatoms. The quantitative estimate of drug-likeness (QED) is 0.515. The molecule has 0 spiro atoms. The van der Waals surface area contributed by atoms with Crippen LogP contribution in [-0.4, -0.2) is 21.6 Å². The van der Waals surface area contributed by atoms with Gasteiger partial charge in [-0.2, -0.15) is 0 Å². The zero-order chi connectivity index (χ0) is 18.8. The number of nitrogens with one attached hydrogen (secondary N) is 1. The summed E-state index contributed by atoms with van der Waals surface area (Å²) >= 11 is 0. The molecule has 0 aliphatic heterocycles. The average molecular weight is 359 g/mol. The zero-order valence-electron chi connectivity index (χ0n) is 15.9. The molecule has 0 atom stereocenters. The molecular weight excluding hydrogens is 334 g/mol. The molecule has 0 bridgehead atoms.